The van der Waals surface area contributed by atoms with Crippen LogP contribution in [-0.4, -0.2) is 25.3 Å². The van der Waals surface area contributed by atoms with E-state index in [0.717, 1.165) is 37.5 Å². The van der Waals surface area contributed by atoms with Crippen LogP contribution in [0.3, 0.4) is 0 Å². The Bertz CT molecular complexity index is 5110. The van der Waals surface area contributed by atoms with E-state index in [4.69, 9.17) is 4.74 Å². The average molecular weight is 1480 g/mol. The lowest BCUT2D eigenvalue weighted by molar-refractivity contribution is 0.282. The zero-order valence-electron chi connectivity index (χ0n) is 68.0. The first-order chi connectivity index (χ1) is 55.2. The van der Waals surface area contributed by atoms with Crippen molar-refractivity contribution >= 4 is 27.7 Å². The number of aliphatic hydroxyl groups excluding tert-OH is 1. The van der Waals surface area contributed by atoms with Gasteiger partial charge in [-0.2, -0.15) is 0 Å². The highest BCUT2D eigenvalue weighted by molar-refractivity contribution is 6.07. The molecule has 0 fully saturated rings. The molecule has 112 heavy (non-hydrogen) atoms. The van der Waals surface area contributed by atoms with Gasteiger partial charge in [-0.05, 0) is 236 Å². The SMILES string of the molecule is CCCCCCCCC1(CCCCCCCC)c2cc(-c3ccc(CO)cc3)ccc2-c2ccc(-c3ccc(N4Cc5ccc6c7c(ccc(c57)C4)C4C=CC5=C7C4=C6C=CC7CN(c4ccc(-c6ccc7c(c6)C(CCCCCCCC)(CCCCCCCC)c6cc(-c8ccc(OC)cc8)ccc6-7)cc4)C5)cc3)cc21. The summed E-state index contributed by atoms with van der Waals surface area (Å²) in [6, 6.07) is 76.4. The highest BCUT2D eigenvalue weighted by Gasteiger charge is 2.46. The minimum atomic E-state index is -0.0452. The van der Waals surface area contributed by atoms with Crippen LogP contribution >= 0.6 is 0 Å². The lowest BCUT2D eigenvalue weighted by atomic mass is 9.65. The number of allylic oxidation sites excluding steroid dienone is 4. The monoisotopic (exact) mass is 1480 g/mol. The van der Waals surface area contributed by atoms with Crippen LogP contribution in [0.4, 0.5) is 11.4 Å². The largest absolute Gasteiger partial charge is 0.497 e. The summed E-state index contributed by atoms with van der Waals surface area (Å²) >= 11 is 0. The van der Waals surface area contributed by atoms with E-state index in [1.807, 2.05) is 0 Å². The molecule has 2 heterocycles. The molecular weight excluding hydrogens is 1360 g/mol. The van der Waals surface area contributed by atoms with Crippen LogP contribution in [0.5, 0.6) is 5.75 Å². The van der Waals surface area contributed by atoms with Crippen LogP contribution in [0.2, 0.25) is 0 Å². The average Bonchev–Trinajstić information content (AvgIpc) is 1.36. The molecule has 0 bridgehead atoms. The molecular formula is C108H120N2O2. The number of unbranched alkanes of at least 4 members (excludes halogenated alkanes) is 20. The molecule has 0 amide bonds. The van der Waals surface area contributed by atoms with Crippen molar-refractivity contribution in [2.45, 2.75) is 244 Å². The maximum Gasteiger partial charge on any atom is 0.118 e. The molecule has 0 spiro atoms. The number of hydrogen-bond acceptors (Lipinski definition) is 4. The Balaban J connectivity index is 0.614. The number of hydrogen-bond donors (Lipinski definition) is 1. The van der Waals surface area contributed by atoms with E-state index in [0.29, 0.717) is 5.92 Å². The van der Waals surface area contributed by atoms with Crippen molar-refractivity contribution in [1.29, 1.82) is 0 Å². The fourth-order valence-corrected chi connectivity index (χ4v) is 21.6. The Morgan fingerprint density at radius 1 is 0.357 bits per heavy atom. The molecule has 10 aromatic carbocycles. The van der Waals surface area contributed by atoms with Gasteiger partial charge in [0.25, 0.3) is 0 Å². The van der Waals surface area contributed by atoms with Crippen LogP contribution in [0.15, 0.2) is 235 Å². The fourth-order valence-electron chi connectivity index (χ4n) is 21.6. The Kier molecular flexibility index (Phi) is 22.8. The summed E-state index contributed by atoms with van der Waals surface area (Å²) in [7, 11) is 1.76. The van der Waals surface area contributed by atoms with Gasteiger partial charge in [-0.1, -0.05) is 340 Å². The first-order valence-corrected chi connectivity index (χ1v) is 44.3. The molecule has 7 aliphatic rings. The van der Waals surface area contributed by atoms with Gasteiger partial charge >= 0.3 is 0 Å². The van der Waals surface area contributed by atoms with E-state index in [9.17, 15) is 5.11 Å². The maximum atomic E-state index is 9.94. The number of nitrogens with zero attached hydrogens (tertiary/aromatic N) is 2. The van der Waals surface area contributed by atoms with Crippen LogP contribution < -0.4 is 14.5 Å². The summed E-state index contributed by atoms with van der Waals surface area (Å²) in [6.07, 6.45) is 46.2. The smallest absolute Gasteiger partial charge is 0.118 e. The number of aliphatic hydroxyl groups is 1. The van der Waals surface area contributed by atoms with Gasteiger partial charge in [0.15, 0.2) is 0 Å². The van der Waals surface area contributed by atoms with Gasteiger partial charge in [0.1, 0.15) is 5.75 Å². The molecule has 4 heteroatoms. The minimum Gasteiger partial charge on any atom is -0.497 e. The third-order valence-electron chi connectivity index (χ3n) is 27.7. The van der Waals surface area contributed by atoms with E-state index < -0.39 is 0 Å². The van der Waals surface area contributed by atoms with Gasteiger partial charge in [0, 0.05) is 60.2 Å². The Hall–Kier alpha value is -9.22. The minimum absolute atomic E-state index is 0.0293. The molecule has 574 valence electrons. The summed E-state index contributed by atoms with van der Waals surface area (Å²) in [4.78, 5) is 5.27. The molecule has 5 aliphatic carbocycles. The second kappa shape index (κ2) is 33.8. The van der Waals surface area contributed by atoms with Crippen molar-refractivity contribution in [3.8, 4) is 72.5 Å². The number of ether oxygens (including phenoxy) is 1. The molecule has 4 nitrogen and oxygen atoms in total. The van der Waals surface area contributed by atoms with E-state index in [-0.39, 0.29) is 23.4 Å². The fraction of sp³-hybridized carbons (Fsp3) is 0.389. The molecule has 0 saturated carbocycles. The van der Waals surface area contributed by atoms with Crippen molar-refractivity contribution in [3.05, 3.63) is 285 Å². The molecule has 0 radical (unpaired) electrons. The molecule has 10 aromatic rings. The van der Waals surface area contributed by atoms with Gasteiger partial charge in [-0.3, -0.25) is 0 Å². The molecule has 2 aliphatic heterocycles. The third-order valence-corrected chi connectivity index (χ3v) is 27.7. The van der Waals surface area contributed by atoms with Gasteiger partial charge in [-0.15, -0.1) is 0 Å². The lowest BCUT2D eigenvalue weighted by Crippen LogP contribution is -2.39. The van der Waals surface area contributed by atoms with Crippen molar-refractivity contribution in [3.63, 3.8) is 0 Å². The second-order valence-electron chi connectivity index (χ2n) is 34.6. The standard InChI is InChI=1S/C108H120N2O2/c1-6-10-14-18-22-26-62-107(63-27-23-19-15-11-7-2)99-66-80(76-32-30-75(74-111)31-33-76)40-54-91(99)92-55-41-81(67-100(92)107)77-34-48-88(49-35-77)109-70-84-44-58-95-97-60-46-86-72-110(73-87-47-61-98(106(97)104(86)87)96-59-45-85(71-109)103(84)105(95)96)89-50-36-78(37-51-89)82-42-56-93-94-57-43-83(79-38-52-90(112-5)53-39-79)69-102(94)108(101(93)68-82,64-28-24-20-16-12-8-3)65-29-25-21-17-13-9-4/h30-61,66-69,86,98,111H,6-29,62-65,70-74H2,1-5H3. The molecule has 0 aromatic heterocycles. The quantitative estimate of drug-likeness (QED) is 0.0397. The number of methoxy groups -OCH3 is 1. The second-order valence-corrected chi connectivity index (χ2v) is 34.6. The van der Waals surface area contributed by atoms with Crippen LogP contribution in [0, 0.1) is 5.92 Å². The van der Waals surface area contributed by atoms with E-state index in [2.05, 4.69) is 256 Å². The van der Waals surface area contributed by atoms with Crippen LogP contribution in [0.1, 0.15) is 263 Å². The van der Waals surface area contributed by atoms with E-state index >= 15 is 0 Å². The summed E-state index contributed by atoms with van der Waals surface area (Å²) in [5.41, 5.74) is 37.5. The summed E-state index contributed by atoms with van der Waals surface area (Å²) < 4.78 is 5.61. The highest BCUT2D eigenvalue weighted by atomic mass is 16.5. The first-order valence-electron chi connectivity index (χ1n) is 44.3. The van der Waals surface area contributed by atoms with Crippen molar-refractivity contribution in [2.75, 3.05) is 30.0 Å². The van der Waals surface area contributed by atoms with Crippen molar-refractivity contribution in [2.24, 2.45) is 5.92 Å². The Morgan fingerprint density at radius 3 is 1.17 bits per heavy atom. The molecule has 0 saturated heterocycles. The van der Waals surface area contributed by atoms with E-state index in [1.165, 1.54) is 308 Å². The van der Waals surface area contributed by atoms with Gasteiger partial charge in [-0.25, -0.2) is 0 Å². The Morgan fingerprint density at radius 2 is 0.741 bits per heavy atom. The molecule has 2 atom stereocenters. The summed E-state index contributed by atoms with van der Waals surface area (Å²) in [5, 5.41) is 12.9. The van der Waals surface area contributed by atoms with Crippen LogP contribution in [-0.2, 0) is 30.5 Å². The normalized spacial score (nSPS) is 16.8. The van der Waals surface area contributed by atoms with Gasteiger partial charge in [0.05, 0.1) is 13.7 Å². The molecule has 17 rings (SSSR count). The zero-order valence-corrected chi connectivity index (χ0v) is 68.0. The molecule has 1 N–H and O–H groups in total. The first kappa shape index (κ1) is 75.5. The van der Waals surface area contributed by atoms with E-state index in [1.54, 1.807) is 34.9 Å². The predicted octanol–water partition coefficient (Wildman–Crippen LogP) is 29.5. The Labute approximate surface area is 670 Å². The van der Waals surface area contributed by atoms with Gasteiger partial charge < -0.3 is 19.6 Å². The van der Waals surface area contributed by atoms with Crippen molar-refractivity contribution < 1.29 is 9.84 Å². The summed E-state index contributed by atoms with van der Waals surface area (Å²) in [5.74, 6) is 1.48. The number of fused-ring (bicyclic) bond motifs is 8. The molecule has 2 unspecified atom stereocenters. The van der Waals surface area contributed by atoms with Crippen molar-refractivity contribution in [1.82, 2.24) is 0 Å². The third kappa shape index (κ3) is 14.5. The van der Waals surface area contributed by atoms with Crippen LogP contribution in [0.25, 0.3) is 83.1 Å². The zero-order chi connectivity index (χ0) is 76.1. The topological polar surface area (TPSA) is 35.9 Å². The number of benzene rings is 10. The summed E-state index contributed by atoms with van der Waals surface area (Å²) in [6.45, 7) is 13.1. The number of anilines is 2. The predicted molar refractivity (Wildman–Crippen MR) is 476 cm³/mol. The maximum absolute atomic E-state index is 9.94. The van der Waals surface area contributed by atoms with Gasteiger partial charge in [0.2, 0.25) is 0 Å². The number of rotatable bonds is 36. The highest BCUT2D eigenvalue weighted by Crippen LogP contribution is 2.60. The lowest BCUT2D eigenvalue weighted by Gasteiger charge is -2.44.